The van der Waals surface area contributed by atoms with E-state index in [2.05, 4.69) is 31.3 Å². The summed E-state index contributed by atoms with van der Waals surface area (Å²) in [5.41, 5.74) is 0. The highest BCUT2D eigenvalue weighted by Crippen LogP contribution is 2.20. The molecule has 0 aliphatic carbocycles. The number of carbonyl (C=O) groups is 2. The molecular formula is C80H155NO5. The van der Waals surface area contributed by atoms with Gasteiger partial charge in [0.05, 0.1) is 25.4 Å². The van der Waals surface area contributed by atoms with Crippen LogP contribution in [0.5, 0.6) is 0 Å². The molecule has 6 heteroatoms. The van der Waals surface area contributed by atoms with Gasteiger partial charge >= 0.3 is 5.97 Å². The second-order valence-electron chi connectivity index (χ2n) is 27.4. The molecule has 0 fully saturated rings. The quantitative estimate of drug-likeness (QED) is 0.0320. The van der Waals surface area contributed by atoms with Crippen LogP contribution in [0.2, 0.25) is 0 Å². The van der Waals surface area contributed by atoms with Gasteiger partial charge in [0.15, 0.2) is 0 Å². The van der Waals surface area contributed by atoms with Crippen molar-refractivity contribution in [3.63, 3.8) is 0 Å². The fraction of sp³-hybridized carbons (Fsp3) is 0.925. The van der Waals surface area contributed by atoms with Gasteiger partial charge in [0.25, 0.3) is 0 Å². The third-order valence-electron chi connectivity index (χ3n) is 18.7. The zero-order valence-electron chi connectivity index (χ0n) is 58.6. The van der Waals surface area contributed by atoms with Gasteiger partial charge in [0.1, 0.15) is 0 Å². The third kappa shape index (κ3) is 71.4. The van der Waals surface area contributed by atoms with E-state index in [0.29, 0.717) is 19.4 Å². The number of esters is 1. The summed E-state index contributed by atoms with van der Waals surface area (Å²) in [5, 5.41) is 23.2. The molecule has 2 unspecified atom stereocenters. The number of hydrogen-bond acceptors (Lipinski definition) is 5. The highest BCUT2D eigenvalue weighted by molar-refractivity contribution is 5.76. The summed E-state index contributed by atoms with van der Waals surface area (Å²) < 4.78 is 5.50. The van der Waals surface area contributed by atoms with E-state index >= 15 is 0 Å². The Morgan fingerprint density at radius 2 is 0.547 bits per heavy atom. The van der Waals surface area contributed by atoms with Crippen LogP contribution in [0.4, 0.5) is 0 Å². The van der Waals surface area contributed by atoms with Gasteiger partial charge in [-0.2, -0.15) is 0 Å². The Morgan fingerprint density at radius 1 is 0.314 bits per heavy atom. The second kappa shape index (κ2) is 75.8. The molecular weight excluding hydrogens is 1050 g/mol. The predicted octanol–water partition coefficient (Wildman–Crippen LogP) is 26.0. The van der Waals surface area contributed by atoms with E-state index in [9.17, 15) is 19.8 Å². The van der Waals surface area contributed by atoms with Gasteiger partial charge in [0, 0.05) is 12.8 Å². The average molecular weight is 1210 g/mol. The van der Waals surface area contributed by atoms with Gasteiger partial charge in [-0.1, -0.05) is 404 Å². The summed E-state index contributed by atoms with van der Waals surface area (Å²) in [6, 6.07) is -0.623. The van der Waals surface area contributed by atoms with E-state index < -0.39 is 12.1 Å². The number of ether oxygens (including phenoxy) is 1. The standard InChI is InChI=1S/C80H155NO5/c1-3-5-7-9-11-13-15-17-19-45-48-52-56-60-64-68-72-78(83)77(76-82)81-79(84)73-69-65-61-57-53-49-46-43-41-39-37-35-33-31-29-27-25-23-21-20-22-24-26-28-30-32-34-36-38-40-42-44-47-51-55-59-63-67-71-75-86-80(85)74-70-66-62-58-54-50-18-16-14-12-10-8-6-4-2/h16,18,68,72,77-78,82-83H,3-15,17,19-67,69-71,73-76H2,1-2H3,(H,81,84)/b18-16-,72-68+. The molecule has 0 bridgehead atoms. The number of hydrogen-bond donors (Lipinski definition) is 3. The first-order valence-corrected chi connectivity index (χ1v) is 39.6. The predicted molar refractivity (Wildman–Crippen MR) is 380 cm³/mol. The molecule has 0 rings (SSSR count). The SMILES string of the molecule is CCCCCCC/C=C\CCCCCCCC(=O)OCCCCCCCCCCCCCCCCCCCCCCCCCCCCCCCCCCCCCCCCCC(=O)NC(CO)C(O)/C=C/CCCCCCCCCCCCCCCC. The number of amides is 1. The first-order valence-electron chi connectivity index (χ1n) is 39.6. The molecule has 0 aromatic heterocycles. The van der Waals surface area contributed by atoms with E-state index in [4.69, 9.17) is 4.74 Å². The van der Waals surface area contributed by atoms with Crippen molar-refractivity contribution in [3.8, 4) is 0 Å². The van der Waals surface area contributed by atoms with Crippen molar-refractivity contribution in [1.82, 2.24) is 5.32 Å². The summed E-state index contributed by atoms with van der Waals surface area (Å²) in [4.78, 5) is 24.6. The fourth-order valence-corrected chi connectivity index (χ4v) is 12.7. The summed E-state index contributed by atoms with van der Waals surface area (Å²) in [5.74, 6) is -0.0423. The molecule has 0 saturated heterocycles. The molecule has 86 heavy (non-hydrogen) atoms. The van der Waals surface area contributed by atoms with Gasteiger partial charge in [-0.3, -0.25) is 9.59 Å². The Labute approximate surface area is 539 Å². The number of carbonyl (C=O) groups excluding carboxylic acids is 2. The van der Waals surface area contributed by atoms with Crippen molar-refractivity contribution in [2.24, 2.45) is 0 Å². The van der Waals surface area contributed by atoms with Gasteiger partial charge in [-0.25, -0.2) is 0 Å². The van der Waals surface area contributed by atoms with E-state index in [0.717, 1.165) is 44.9 Å². The molecule has 0 aliphatic heterocycles. The molecule has 0 aromatic rings. The molecule has 0 aliphatic rings. The molecule has 510 valence electrons. The molecule has 1 amide bonds. The zero-order chi connectivity index (χ0) is 62.0. The van der Waals surface area contributed by atoms with Gasteiger partial charge in [-0.15, -0.1) is 0 Å². The van der Waals surface area contributed by atoms with Crippen LogP contribution in [0, 0.1) is 0 Å². The van der Waals surface area contributed by atoms with Gasteiger partial charge < -0.3 is 20.3 Å². The first-order chi connectivity index (χ1) is 42.5. The Morgan fingerprint density at radius 3 is 0.826 bits per heavy atom. The molecule has 2 atom stereocenters. The molecule has 0 spiro atoms. The number of aliphatic hydroxyl groups is 2. The van der Waals surface area contributed by atoms with Crippen LogP contribution in [-0.4, -0.2) is 47.4 Å². The Kier molecular flexibility index (Phi) is 74.3. The topological polar surface area (TPSA) is 95.9 Å². The molecule has 0 aromatic carbocycles. The molecule has 0 saturated carbocycles. The fourth-order valence-electron chi connectivity index (χ4n) is 12.7. The van der Waals surface area contributed by atoms with Crippen LogP contribution in [-0.2, 0) is 14.3 Å². The lowest BCUT2D eigenvalue weighted by atomic mass is 10.0. The first kappa shape index (κ1) is 84.3. The van der Waals surface area contributed by atoms with Crippen LogP contribution < -0.4 is 5.32 Å². The van der Waals surface area contributed by atoms with E-state index in [-0.39, 0.29) is 18.5 Å². The molecule has 0 heterocycles. The number of aliphatic hydroxyl groups excluding tert-OH is 2. The maximum absolute atomic E-state index is 12.5. The molecule has 3 N–H and O–H groups in total. The van der Waals surface area contributed by atoms with Crippen molar-refractivity contribution >= 4 is 11.9 Å². The number of unbranched alkanes of at least 4 members (excludes halogenated alkanes) is 62. The summed E-state index contributed by atoms with van der Waals surface area (Å²) in [6.45, 7) is 4.94. The maximum Gasteiger partial charge on any atom is 0.305 e. The summed E-state index contributed by atoms with van der Waals surface area (Å²) in [7, 11) is 0. The van der Waals surface area contributed by atoms with E-state index in [1.165, 1.54) is 379 Å². The van der Waals surface area contributed by atoms with Gasteiger partial charge in [-0.05, 0) is 57.8 Å². The Bertz CT molecular complexity index is 1350. The minimum Gasteiger partial charge on any atom is -0.466 e. The smallest absolute Gasteiger partial charge is 0.305 e. The van der Waals surface area contributed by atoms with Crippen LogP contribution in [0.15, 0.2) is 24.3 Å². The van der Waals surface area contributed by atoms with Crippen molar-refractivity contribution in [2.75, 3.05) is 13.2 Å². The lowest BCUT2D eigenvalue weighted by Crippen LogP contribution is -2.45. The zero-order valence-corrected chi connectivity index (χ0v) is 58.6. The van der Waals surface area contributed by atoms with Crippen LogP contribution in [0.25, 0.3) is 0 Å². The van der Waals surface area contributed by atoms with Gasteiger partial charge in [0.2, 0.25) is 5.91 Å². The van der Waals surface area contributed by atoms with Crippen molar-refractivity contribution in [1.29, 1.82) is 0 Å². The number of allylic oxidation sites excluding steroid dienone is 3. The van der Waals surface area contributed by atoms with Crippen molar-refractivity contribution < 1.29 is 24.5 Å². The molecule has 0 radical (unpaired) electrons. The minimum absolute atomic E-state index is 0.0161. The minimum atomic E-state index is -0.840. The Hall–Kier alpha value is -1.66. The van der Waals surface area contributed by atoms with Crippen molar-refractivity contribution in [3.05, 3.63) is 24.3 Å². The lowest BCUT2D eigenvalue weighted by molar-refractivity contribution is -0.143. The van der Waals surface area contributed by atoms with Crippen LogP contribution in [0.1, 0.15) is 450 Å². The lowest BCUT2D eigenvalue weighted by Gasteiger charge is -2.20. The summed E-state index contributed by atoms with van der Waals surface area (Å²) >= 11 is 0. The monoisotopic (exact) mass is 1210 g/mol. The van der Waals surface area contributed by atoms with Crippen LogP contribution in [0.3, 0.4) is 0 Å². The van der Waals surface area contributed by atoms with Crippen LogP contribution >= 0.6 is 0 Å². The molecule has 6 nitrogen and oxygen atoms in total. The largest absolute Gasteiger partial charge is 0.466 e. The third-order valence-corrected chi connectivity index (χ3v) is 18.7. The second-order valence-corrected chi connectivity index (χ2v) is 27.4. The summed E-state index contributed by atoms with van der Waals surface area (Å²) in [6.07, 6.45) is 97.4. The number of rotatable bonds is 75. The normalized spacial score (nSPS) is 12.6. The van der Waals surface area contributed by atoms with E-state index in [1.54, 1.807) is 6.08 Å². The van der Waals surface area contributed by atoms with E-state index in [1.807, 2.05) is 6.08 Å². The number of nitrogens with one attached hydrogen (secondary N) is 1. The van der Waals surface area contributed by atoms with Crippen molar-refractivity contribution in [2.45, 2.75) is 463 Å². The Balaban J connectivity index is 3.30. The average Bonchev–Trinajstić information content (AvgIpc) is 3.60. The maximum atomic E-state index is 12.5. The highest BCUT2D eigenvalue weighted by Gasteiger charge is 2.18. The highest BCUT2D eigenvalue weighted by atomic mass is 16.5.